The van der Waals surface area contributed by atoms with Gasteiger partial charge in [0.25, 0.3) is 0 Å². The fourth-order valence-corrected chi connectivity index (χ4v) is 4.75. The summed E-state index contributed by atoms with van der Waals surface area (Å²) in [7, 11) is 0. The maximum atomic E-state index is 13.1. The zero-order valence-corrected chi connectivity index (χ0v) is 13.0. The molecule has 114 valence electrons. The van der Waals surface area contributed by atoms with Gasteiger partial charge in [0.15, 0.2) is 11.6 Å². The lowest BCUT2D eigenvalue weighted by atomic mass is 9.68. The molecule has 1 aromatic carbocycles. The summed E-state index contributed by atoms with van der Waals surface area (Å²) in [5, 5.41) is 0. The maximum Gasteiger partial charge on any atom is 0.168 e. The molecule has 3 aliphatic carbocycles. The Morgan fingerprint density at radius 2 is 1.73 bits per heavy atom. The van der Waals surface area contributed by atoms with Crippen LogP contribution in [0.4, 0.5) is 0 Å². The first-order valence-corrected chi connectivity index (χ1v) is 8.61. The van der Waals surface area contributed by atoms with Crippen molar-refractivity contribution >= 4 is 11.6 Å². The first kappa shape index (κ1) is 13.9. The minimum atomic E-state index is -0.0825. The van der Waals surface area contributed by atoms with Gasteiger partial charge < -0.3 is 0 Å². The third kappa shape index (κ3) is 1.86. The van der Waals surface area contributed by atoms with Crippen molar-refractivity contribution in [3.05, 3.63) is 47.0 Å². The Labute approximate surface area is 131 Å². The van der Waals surface area contributed by atoms with Gasteiger partial charge in [0.1, 0.15) is 0 Å². The second-order valence-electron chi connectivity index (χ2n) is 7.03. The van der Waals surface area contributed by atoms with Gasteiger partial charge >= 0.3 is 0 Å². The Hall–Kier alpha value is -1.70. The molecule has 0 radical (unpaired) electrons. The number of rotatable bonds is 4. The fourth-order valence-electron chi connectivity index (χ4n) is 4.75. The molecule has 22 heavy (non-hydrogen) atoms. The SMILES string of the molecule is CCCCCc1cccc2c1C(=O)C1C3C=CC(C3)C1C2=O. The van der Waals surface area contributed by atoms with Crippen LogP contribution in [-0.2, 0) is 6.42 Å². The second-order valence-corrected chi connectivity index (χ2v) is 7.03. The van der Waals surface area contributed by atoms with Crippen LogP contribution in [0.2, 0.25) is 0 Å². The van der Waals surface area contributed by atoms with E-state index in [4.69, 9.17) is 0 Å². The van der Waals surface area contributed by atoms with Crippen LogP contribution in [0.1, 0.15) is 58.9 Å². The average Bonchev–Trinajstić information content (AvgIpc) is 3.14. The lowest BCUT2D eigenvalue weighted by Crippen LogP contribution is -2.39. The number of hydrogen-bond acceptors (Lipinski definition) is 2. The number of fused-ring (bicyclic) bond motifs is 6. The van der Waals surface area contributed by atoms with Crippen LogP contribution in [0, 0.1) is 23.7 Å². The molecule has 4 atom stereocenters. The lowest BCUT2D eigenvalue weighted by molar-refractivity contribution is 0.0719. The van der Waals surface area contributed by atoms with E-state index in [-0.39, 0.29) is 23.4 Å². The number of Topliss-reactive ketones (excluding diaryl/α,β-unsaturated/α-hetero) is 2. The van der Waals surface area contributed by atoms with Gasteiger partial charge in [-0.1, -0.05) is 50.1 Å². The van der Waals surface area contributed by atoms with Crippen molar-refractivity contribution in [2.45, 2.75) is 39.0 Å². The summed E-state index contributed by atoms with van der Waals surface area (Å²) in [6, 6.07) is 5.86. The number of aryl methyl sites for hydroxylation is 1. The number of ketones is 2. The molecule has 0 saturated heterocycles. The van der Waals surface area contributed by atoms with Crippen LogP contribution < -0.4 is 0 Å². The predicted octanol–water partition coefficient (Wildman–Crippen LogP) is 4.24. The largest absolute Gasteiger partial charge is 0.294 e. The van der Waals surface area contributed by atoms with E-state index in [9.17, 15) is 9.59 Å². The first-order valence-electron chi connectivity index (χ1n) is 8.61. The summed E-state index contributed by atoms with van der Waals surface area (Å²) >= 11 is 0. The summed E-state index contributed by atoms with van der Waals surface area (Å²) in [6.07, 6.45) is 9.67. The van der Waals surface area contributed by atoms with Gasteiger partial charge in [-0.25, -0.2) is 0 Å². The molecular weight excluding hydrogens is 272 g/mol. The smallest absolute Gasteiger partial charge is 0.168 e. The molecule has 2 heteroatoms. The summed E-state index contributed by atoms with van der Waals surface area (Å²) < 4.78 is 0. The molecule has 0 aliphatic heterocycles. The van der Waals surface area contributed by atoms with E-state index in [1.807, 2.05) is 18.2 Å². The summed E-state index contributed by atoms with van der Waals surface area (Å²) in [5.41, 5.74) is 2.54. The monoisotopic (exact) mass is 294 g/mol. The maximum absolute atomic E-state index is 13.1. The highest BCUT2D eigenvalue weighted by Crippen LogP contribution is 2.53. The molecule has 0 heterocycles. The van der Waals surface area contributed by atoms with Gasteiger partial charge in [0.2, 0.25) is 0 Å². The van der Waals surface area contributed by atoms with Gasteiger partial charge in [-0.15, -0.1) is 0 Å². The van der Waals surface area contributed by atoms with Crippen molar-refractivity contribution in [1.82, 2.24) is 0 Å². The van der Waals surface area contributed by atoms with Gasteiger partial charge in [-0.2, -0.15) is 0 Å². The fraction of sp³-hybridized carbons (Fsp3) is 0.500. The van der Waals surface area contributed by atoms with Crippen LogP contribution in [0.5, 0.6) is 0 Å². The predicted molar refractivity (Wildman–Crippen MR) is 86.0 cm³/mol. The summed E-state index contributed by atoms with van der Waals surface area (Å²) in [5.74, 6) is 0.882. The van der Waals surface area contributed by atoms with E-state index >= 15 is 0 Å². The number of carbonyl (C=O) groups is 2. The van der Waals surface area contributed by atoms with Crippen LogP contribution in [0.3, 0.4) is 0 Å². The van der Waals surface area contributed by atoms with Crippen molar-refractivity contribution in [3.8, 4) is 0 Å². The Bertz CT molecular complexity index is 670. The third-order valence-corrected chi connectivity index (χ3v) is 5.78. The molecule has 4 rings (SSSR count). The van der Waals surface area contributed by atoms with Gasteiger partial charge in [-0.3, -0.25) is 9.59 Å². The zero-order chi connectivity index (χ0) is 15.3. The van der Waals surface area contributed by atoms with Crippen LogP contribution in [0.25, 0.3) is 0 Å². The van der Waals surface area contributed by atoms with Gasteiger partial charge in [-0.05, 0) is 36.7 Å². The van der Waals surface area contributed by atoms with Crippen molar-refractivity contribution in [3.63, 3.8) is 0 Å². The molecule has 1 fully saturated rings. The Kier molecular flexibility index (Phi) is 3.28. The summed E-state index contributed by atoms with van der Waals surface area (Å²) in [4.78, 5) is 26.0. The zero-order valence-electron chi connectivity index (χ0n) is 13.0. The van der Waals surface area contributed by atoms with Gasteiger partial charge in [0.05, 0.1) is 0 Å². The molecule has 0 aromatic heterocycles. The lowest BCUT2D eigenvalue weighted by Gasteiger charge is -2.32. The molecule has 1 saturated carbocycles. The standard InChI is InChI=1S/C20H22O2/c1-2-3-4-6-12-7-5-8-15-16(12)20(22)18-14-10-9-13(11-14)17(18)19(15)21/h5,7-10,13-14,17-18H,2-4,6,11H2,1H3. The van der Waals surface area contributed by atoms with E-state index in [0.717, 1.165) is 30.4 Å². The number of carbonyl (C=O) groups excluding carboxylic acids is 2. The molecule has 0 N–H and O–H groups in total. The van der Waals surface area contributed by atoms with E-state index in [1.54, 1.807) is 0 Å². The van der Waals surface area contributed by atoms with Crippen molar-refractivity contribution in [2.75, 3.05) is 0 Å². The van der Waals surface area contributed by atoms with E-state index < -0.39 is 0 Å². The quantitative estimate of drug-likeness (QED) is 0.615. The van der Waals surface area contributed by atoms with Gasteiger partial charge in [0, 0.05) is 23.0 Å². The first-order chi connectivity index (χ1) is 10.7. The van der Waals surface area contributed by atoms with E-state index in [2.05, 4.69) is 19.1 Å². The molecule has 2 nitrogen and oxygen atoms in total. The van der Waals surface area contributed by atoms with E-state index in [1.165, 1.54) is 12.8 Å². The molecule has 4 unspecified atom stereocenters. The molecule has 1 aromatic rings. The minimum absolute atomic E-state index is 0.0812. The van der Waals surface area contributed by atoms with Crippen molar-refractivity contribution in [2.24, 2.45) is 23.7 Å². The number of unbranched alkanes of at least 4 members (excludes halogenated alkanes) is 2. The number of hydrogen-bond donors (Lipinski definition) is 0. The normalized spacial score (nSPS) is 31.5. The highest BCUT2D eigenvalue weighted by molar-refractivity contribution is 6.17. The summed E-state index contributed by atoms with van der Waals surface area (Å²) in [6.45, 7) is 2.18. The van der Waals surface area contributed by atoms with E-state index in [0.29, 0.717) is 17.4 Å². The second kappa shape index (κ2) is 5.19. The van der Waals surface area contributed by atoms with Crippen molar-refractivity contribution < 1.29 is 9.59 Å². The van der Waals surface area contributed by atoms with Crippen LogP contribution >= 0.6 is 0 Å². The van der Waals surface area contributed by atoms with Crippen LogP contribution in [-0.4, -0.2) is 11.6 Å². The Morgan fingerprint density at radius 3 is 2.45 bits per heavy atom. The molecule has 0 amide bonds. The average molecular weight is 294 g/mol. The molecule has 3 aliphatic rings. The van der Waals surface area contributed by atoms with Crippen LogP contribution in [0.15, 0.2) is 30.4 Å². The molecular formula is C20H22O2. The minimum Gasteiger partial charge on any atom is -0.294 e. The topological polar surface area (TPSA) is 34.1 Å². The Morgan fingerprint density at radius 1 is 1.00 bits per heavy atom. The molecule has 0 spiro atoms. The highest BCUT2D eigenvalue weighted by Gasteiger charge is 2.54. The van der Waals surface area contributed by atoms with Crippen molar-refractivity contribution in [1.29, 1.82) is 0 Å². The molecule has 2 bridgehead atoms. The Balaban J connectivity index is 1.75. The number of allylic oxidation sites excluding steroid dienone is 2. The third-order valence-electron chi connectivity index (χ3n) is 5.78. The highest BCUT2D eigenvalue weighted by atomic mass is 16.1. The number of benzene rings is 1.